The molecule has 1 aromatic carbocycles. The highest BCUT2D eigenvalue weighted by molar-refractivity contribution is 9.10. The van der Waals surface area contributed by atoms with Gasteiger partial charge in [0.2, 0.25) is 0 Å². The van der Waals surface area contributed by atoms with E-state index in [9.17, 15) is 5.11 Å². The van der Waals surface area contributed by atoms with E-state index in [0.29, 0.717) is 11.1 Å². The second-order valence-electron chi connectivity index (χ2n) is 4.90. The SMILES string of the molecule is OCC(NC1CCCCC1)c1ccc(Cl)cc1Br. The second-order valence-corrected chi connectivity index (χ2v) is 6.19. The number of rotatable bonds is 4. The van der Waals surface area contributed by atoms with Gasteiger partial charge in [-0.3, -0.25) is 0 Å². The molecular weight excluding hydrogens is 314 g/mol. The summed E-state index contributed by atoms with van der Waals surface area (Å²) in [6.07, 6.45) is 6.34. The van der Waals surface area contributed by atoms with Crippen LogP contribution in [0.3, 0.4) is 0 Å². The maximum Gasteiger partial charge on any atom is 0.0627 e. The number of hydrogen-bond donors (Lipinski definition) is 2. The molecule has 0 amide bonds. The Bertz CT molecular complexity index is 393. The normalized spacial score (nSPS) is 18.8. The predicted molar refractivity (Wildman–Crippen MR) is 79.0 cm³/mol. The first-order valence-electron chi connectivity index (χ1n) is 6.52. The molecule has 100 valence electrons. The molecule has 1 aromatic rings. The highest BCUT2D eigenvalue weighted by Gasteiger charge is 2.20. The average molecular weight is 333 g/mol. The molecule has 0 aromatic heterocycles. The Balaban J connectivity index is 2.07. The average Bonchev–Trinajstić information content (AvgIpc) is 2.38. The molecule has 2 nitrogen and oxygen atoms in total. The summed E-state index contributed by atoms with van der Waals surface area (Å²) in [5.41, 5.74) is 1.08. The van der Waals surface area contributed by atoms with Crippen LogP contribution >= 0.6 is 27.5 Å². The van der Waals surface area contributed by atoms with Gasteiger partial charge in [0.25, 0.3) is 0 Å². The van der Waals surface area contributed by atoms with Crippen molar-refractivity contribution in [2.45, 2.75) is 44.2 Å². The van der Waals surface area contributed by atoms with E-state index in [1.807, 2.05) is 18.2 Å². The fraction of sp³-hybridized carbons (Fsp3) is 0.571. The van der Waals surface area contributed by atoms with Gasteiger partial charge in [-0.1, -0.05) is 52.9 Å². The number of aliphatic hydroxyl groups is 1. The molecule has 2 rings (SSSR count). The van der Waals surface area contributed by atoms with Crippen LogP contribution in [-0.2, 0) is 0 Å². The molecule has 0 radical (unpaired) electrons. The maximum atomic E-state index is 9.59. The molecule has 2 N–H and O–H groups in total. The molecule has 18 heavy (non-hydrogen) atoms. The van der Waals surface area contributed by atoms with E-state index in [1.54, 1.807) is 0 Å². The largest absolute Gasteiger partial charge is 0.394 e. The summed E-state index contributed by atoms with van der Waals surface area (Å²) in [7, 11) is 0. The third kappa shape index (κ3) is 3.70. The monoisotopic (exact) mass is 331 g/mol. The number of hydrogen-bond acceptors (Lipinski definition) is 2. The summed E-state index contributed by atoms with van der Waals surface area (Å²) in [6, 6.07) is 6.23. The molecule has 4 heteroatoms. The summed E-state index contributed by atoms with van der Waals surface area (Å²) in [4.78, 5) is 0. The summed E-state index contributed by atoms with van der Waals surface area (Å²) in [6.45, 7) is 0.108. The second kappa shape index (κ2) is 6.90. The van der Waals surface area contributed by atoms with Gasteiger partial charge in [0.05, 0.1) is 12.6 Å². The highest BCUT2D eigenvalue weighted by atomic mass is 79.9. The molecule has 0 spiro atoms. The minimum atomic E-state index is -0.0141. The van der Waals surface area contributed by atoms with Crippen molar-refractivity contribution >= 4 is 27.5 Å². The Morgan fingerprint density at radius 2 is 2.06 bits per heavy atom. The van der Waals surface area contributed by atoms with Crippen LogP contribution in [0.15, 0.2) is 22.7 Å². The van der Waals surface area contributed by atoms with Gasteiger partial charge in [0, 0.05) is 15.5 Å². The van der Waals surface area contributed by atoms with Gasteiger partial charge >= 0.3 is 0 Å². The van der Waals surface area contributed by atoms with Crippen molar-refractivity contribution < 1.29 is 5.11 Å². The lowest BCUT2D eigenvalue weighted by molar-refractivity contribution is 0.220. The molecule has 1 aliphatic carbocycles. The van der Waals surface area contributed by atoms with Crippen LogP contribution in [0.25, 0.3) is 0 Å². The smallest absolute Gasteiger partial charge is 0.0627 e. The first-order valence-corrected chi connectivity index (χ1v) is 7.69. The van der Waals surface area contributed by atoms with Crippen LogP contribution in [-0.4, -0.2) is 17.8 Å². The third-order valence-electron chi connectivity index (χ3n) is 3.56. The van der Waals surface area contributed by atoms with E-state index in [4.69, 9.17) is 11.6 Å². The van der Waals surface area contributed by atoms with Gasteiger partial charge in [0.15, 0.2) is 0 Å². The summed E-state index contributed by atoms with van der Waals surface area (Å²) in [5.74, 6) is 0. The topological polar surface area (TPSA) is 32.3 Å². The molecule has 1 unspecified atom stereocenters. The Morgan fingerprint density at radius 1 is 1.33 bits per heavy atom. The first kappa shape index (κ1) is 14.3. The van der Waals surface area contributed by atoms with Crippen LogP contribution in [0.1, 0.15) is 43.7 Å². The molecule has 0 aliphatic heterocycles. The van der Waals surface area contributed by atoms with E-state index in [-0.39, 0.29) is 12.6 Å². The van der Waals surface area contributed by atoms with E-state index in [2.05, 4.69) is 21.2 Å². The van der Waals surface area contributed by atoms with E-state index in [0.717, 1.165) is 10.0 Å². The maximum absolute atomic E-state index is 9.59. The van der Waals surface area contributed by atoms with Crippen LogP contribution in [0.2, 0.25) is 5.02 Å². The zero-order valence-corrected chi connectivity index (χ0v) is 12.7. The van der Waals surface area contributed by atoms with E-state index >= 15 is 0 Å². The van der Waals surface area contributed by atoms with Crippen molar-refractivity contribution in [2.24, 2.45) is 0 Å². The van der Waals surface area contributed by atoms with Crippen LogP contribution in [0.5, 0.6) is 0 Å². The van der Waals surface area contributed by atoms with Crippen LogP contribution in [0.4, 0.5) is 0 Å². The van der Waals surface area contributed by atoms with Crippen molar-refractivity contribution in [3.63, 3.8) is 0 Å². The highest BCUT2D eigenvalue weighted by Crippen LogP contribution is 2.28. The lowest BCUT2D eigenvalue weighted by atomic mass is 9.94. The minimum Gasteiger partial charge on any atom is -0.394 e. The molecular formula is C14H19BrClNO. The molecule has 1 fully saturated rings. The quantitative estimate of drug-likeness (QED) is 0.871. The summed E-state index contributed by atoms with van der Waals surface area (Å²) in [5, 5.41) is 13.9. The van der Waals surface area contributed by atoms with Crippen LogP contribution < -0.4 is 5.32 Å². The number of aliphatic hydroxyl groups excluding tert-OH is 1. The Morgan fingerprint density at radius 3 is 2.67 bits per heavy atom. The Kier molecular flexibility index (Phi) is 5.49. The number of halogens is 2. The van der Waals surface area contributed by atoms with Crippen molar-refractivity contribution in [1.82, 2.24) is 5.32 Å². The van der Waals surface area contributed by atoms with E-state index in [1.165, 1.54) is 32.1 Å². The van der Waals surface area contributed by atoms with Crippen molar-refractivity contribution in [1.29, 1.82) is 0 Å². The number of benzene rings is 1. The molecule has 0 saturated heterocycles. The Hall–Kier alpha value is -0.0900. The van der Waals surface area contributed by atoms with Crippen LogP contribution in [0, 0.1) is 0 Å². The summed E-state index contributed by atoms with van der Waals surface area (Å²) >= 11 is 9.46. The predicted octanol–water partition coefficient (Wildman–Crippen LogP) is 4.06. The van der Waals surface area contributed by atoms with Gasteiger partial charge in [-0.05, 0) is 30.5 Å². The lowest BCUT2D eigenvalue weighted by Crippen LogP contribution is -2.36. The molecule has 0 bridgehead atoms. The fourth-order valence-corrected chi connectivity index (χ4v) is 3.54. The van der Waals surface area contributed by atoms with Gasteiger partial charge in [-0.15, -0.1) is 0 Å². The van der Waals surface area contributed by atoms with Crippen molar-refractivity contribution in [3.05, 3.63) is 33.3 Å². The Labute approximate surface area is 122 Å². The standard InChI is InChI=1S/C14H19BrClNO/c15-13-8-10(16)6-7-12(13)14(9-18)17-11-4-2-1-3-5-11/h6-8,11,14,17-18H,1-5,9H2. The third-order valence-corrected chi connectivity index (χ3v) is 4.48. The zero-order chi connectivity index (χ0) is 13.0. The van der Waals surface area contributed by atoms with E-state index < -0.39 is 0 Å². The minimum absolute atomic E-state index is 0.0141. The molecule has 0 heterocycles. The van der Waals surface area contributed by atoms with Crippen molar-refractivity contribution in [2.75, 3.05) is 6.61 Å². The summed E-state index contributed by atoms with van der Waals surface area (Å²) < 4.78 is 0.956. The lowest BCUT2D eigenvalue weighted by Gasteiger charge is -2.28. The molecule has 1 atom stereocenters. The fourth-order valence-electron chi connectivity index (χ4n) is 2.58. The number of nitrogens with one attached hydrogen (secondary N) is 1. The van der Waals surface area contributed by atoms with Gasteiger partial charge in [-0.25, -0.2) is 0 Å². The van der Waals surface area contributed by atoms with Gasteiger partial charge in [-0.2, -0.15) is 0 Å². The van der Waals surface area contributed by atoms with Gasteiger partial charge < -0.3 is 10.4 Å². The van der Waals surface area contributed by atoms with Gasteiger partial charge in [0.1, 0.15) is 0 Å². The first-order chi connectivity index (χ1) is 8.70. The molecule has 1 saturated carbocycles. The zero-order valence-electron chi connectivity index (χ0n) is 10.3. The molecule has 1 aliphatic rings. The van der Waals surface area contributed by atoms with Crippen molar-refractivity contribution in [3.8, 4) is 0 Å².